The van der Waals surface area contributed by atoms with Gasteiger partial charge in [-0.15, -0.1) is 0 Å². The van der Waals surface area contributed by atoms with Crippen molar-refractivity contribution >= 4 is 50.6 Å². The molecule has 6 aromatic carbocycles. The third-order valence-corrected chi connectivity index (χ3v) is 12.7. The molecule has 5 heterocycles. The number of anilines is 3. The molecule has 0 amide bonds. The fourth-order valence-corrected chi connectivity index (χ4v) is 10.6. The van der Waals surface area contributed by atoms with Gasteiger partial charge in [0, 0.05) is 50.3 Å². The standard InChI is InChI=1S/C49H26N6OS/c50-27-29-16-20-38-33(24-29)32-8-1-2-11-37(32)54(38)31-18-19-34-45(26-31)57-44-15-5-13-41(46(44)49(34)35-9-6-22-52-47(35)48-36(49)10-7-23-53-48)55-39-12-3-4-14-42(39)56-43-25-30(28-51)17-21-40(43)55/h1-26H. The predicted molar refractivity (Wildman–Crippen MR) is 222 cm³/mol. The normalized spacial score (nSPS) is 13.8. The molecule has 3 aliphatic rings. The van der Waals surface area contributed by atoms with Crippen LogP contribution in [0, 0.1) is 22.7 Å². The van der Waals surface area contributed by atoms with Crippen molar-refractivity contribution in [2.75, 3.05) is 4.90 Å². The molecule has 12 rings (SSSR count). The Morgan fingerprint density at radius 3 is 2.07 bits per heavy atom. The van der Waals surface area contributed by atoms with Crippen molar-refractivity contribution in [1.82, 2.24) is 14.5 Å². The van der Waals surface area contributed by atoms with Crippen LogP contribution in [0.2, 0.25) is 0 Å². The average Bonchev–Trinajstić information content (AvgIpc) is 3.75. The Hall–Kier alpha value is -7.65. The summed E-state index contributed by atoms with van der Waals surface area (Å²) >= 11 is 1.77. The first-order valence-corrected chi connectivity index (χ1v) is 19.4. The molecule has 8 heteroatoms. The highest BCUT2D eigenvalue weighted by atomic mass is 32.2. The van der Waals surface area contributed by atoms with Gasteiger partial charge < -0.3 is 14.2 Å². The molecule has 0 N–H and O–H groups in total. The molecule has 0 unspecified atom stereocenters. The Balaban J connectivity index is 1.17. The van der Waals surface area contributed by atoms with Gasteiger partial charge in [0.25, 0.3) is 0 Å². The molecule has 0 radical (unpaired) electrons. The summed E-state index contributed by atoms with van der Waals surface area (Å²) in [6.07, 6.45) is 3.71. The van der Waals surface area contributed by atoms with Crippen LogP contribution in [0.15, 0.2) is 168 Å². The molecule has 0 saturated carbocycles. The van der Waals surface area contributed by atoms with Crippen LogP contribution >= 0.6 is 11.8 Å². The summed E-state index contributed by atoms with van der Waals surface area (Å²) in [6.45, 7) is 0. The number of nitrogens with zero attached hydrogens (tertiary/aromatic N) is 6. The van der Waals surface area contributed by atoms with Gasteiger partial charge in [-0.25, -0.2) is 0 Å². The van der Waals surface area contributed by atoms with Crippen LogP contribution in [0.5, 0.6) is 11.5 Å². The van der Waals surface area contributed by atoms with Gasteiger partial charge >= 0.3 is 0 Å². The first kappa shape index (κ1) is 31.7. The summed E-state index contributed by atoms with van der Waals surface area (Å²) in [5.41, 5.74) is 12.4. The highest BCUT2D eigenvalue weighted by Gasteiger charge is 2.53. The molecule has 2 aliphatic heterocycles. The quantitative estimate of drug-likeness (QED) is 0.174. The Kier molecular flexibility index (Phi) is 6.49. The zero-order valence-electron chi connectivity index (χ0n) is 30.0. The third-order valence-electron chi connectivity index (χ3n) is 11.6. The number of para-hydroxylation sites is 3. The number of benzene rings is 6. The fourth-order valence-electron chi connectivity index (χ4n) is 9.37. The van der Waals surface area contributed by atoms with E-state index >= 15 is 0 Å². The van der Waals surface area contributed by atoms with E-state index in [1.54, 1.807) is 11.8 Å². The van der Waals surface area contributed by atoms with Crippen LogP contribution in [0.4, 0.5) is 17.1 Å². The molecule has 0 saturated heterocycles. The van der Waals surface area contributed by atoms with Gasteiger partial charge in [0.2, 0.25) is 0 Å². The van der Waals surface area contributed by atoms with Crippen molar-refractivity contribution in [3.05, 3.63) is 191 Å². The lowest BCUT2D eigenvalue weighted by Gasteiger charge is -2.43. The Morgan fingerprint density at radius 2 is 1.25 bits per heavy atom. The number of hydrogen-bond donors (Lipinski definition) is 0. The van der Waals surface area contributed by atoms with Crippen LogP contribution < -0.4 is 9.64 Å². The molecule has 264 valence electrons. The lowest BCUT2D eigenvalue weighted by atomic mass is 9.67. The summed E-state index contributed by atoms with van der Waals surface area (Å²) < 4.78 is 8.80. The minimum atomic E-state index is -0.791. The second-order valence-corrected chi connectivity index (χ2v) is 15.5. The van der Waals surface area contributed by atoms with Crippen LogP contribution in [-0.4, -0.2) is 14.5 Å². The molecule has 1 aliphatic carbocycles. The SMILES string of the molecule is N#Cc1ccc2c(c1)Oc1ccccc1N2c1cccc2c1C1(c3ccc(-n4c5ccccc5c5cc(C#N)ccc54)cc3S2)c2cccnc2-c2ncccc21. The summed E-state index contributed by atoms with van der Waals surface area (Å²) in [4.78, 5) is 14.5. The highest BCUT2D eigenvalue weighted by molar-refractivity contribution is 7.99. The van der Waals surface area contributed by atoms with Crippen molar-refractivity contribution < 1.29 is 4.74 Å². The Bertz CT molecular complexity index is 3270. The van der Waals surface area contributed by atoms with E-state index in [1.165, 1.54) is 0 Å². The molecule has 7 nitrogen and oxygen atoms in total. The number of hydrogen-bond acceptors (Lipinski definition) is 7. The van der Waals surface area contributed by atoms with E-state index < -0.39 is 5.41 Å². The van der Waals surface area contributed by atoms with E-state index in [-0.39, 0.29) is 0 Å². The van der Waals surface area contributed by atoms with Gasteiger partial charge in [-0.1, -0.05) is 66.4 Å². The zero-order valence-corrected chi connectivity index (χ0v) is 30.8. The molecular formula is C49H26N6OS. The monoisotopic (exact) mass is 746 g/mol. The van der Waals surface area contributed by atoms with E-state index in [2.05, 4.69) is 107 Å². The van der Waals surface area contributed by atoms with Gasteiger partial charge in [0.15, 0.2) is 11.5 Å². The van der Waals surface area contributed by atoms with Gasteiger partial charge in [0.05, 0.1) is 68.2 Å². The summed E-state index contributed by atoms with van der Waals surface area (Å²) in [6, 6.07) is 54.5. The first-order valence-electron chi connectivity index (χ1n) is 18.6. The van der Waals surface area contributed by atoms with Crippen molar-refractivity contribution in [3.63, 3.8) is 0 Å². The molecule has 57 heavy (non-hydrogen) atoms. The molecule has 3 aromatic heterocycles. The Labute approximate surface area is 331 Å². The summed E-state index contributed by atoms with van der Waals surface area (Å²) in [5.74, 6) is 1.33. The van der Waals surface area contributed by atoms with Gasteiger partial charge in [-0.2, -0.15) is 10.5 Å². The second kappa shape index (κ2) is 11.7. The van der Waals surface area contributed by atoms with Crippen LogP contribution in [-0.2, 0) is 5.41 Å². The Morgan fingerprint density at radius 1 is 0.544 bits per heavy atom. The largest absolute Gasteiger partial charge is 0.453 e. The maximum Gasteiger partial charge on any atom is 0.152 e. The van der Waals surface area contributed by atoms with E-state index in [4.69, 9.17) is 14.7 Å². The second-order valence-electron chi connectivity index (χ2n) is 14.4. The molecular weight excluding hydrogens is 721 g/mol. The van der Waals surface area contributed by atoms with Gasteiger partial charge in [-0.05, 0) is 102 Å². The van der Waals surface area contributed by atoms with Crippen molar-refractivity contribution in [2.24, 2.45) is 0 Å². The summed E-state index contributed by atoms with van der Waals surface area (Å²) in [5, 5.41) is 21.8. The van der Waals surface area contributed by atoms with Gasteiger partial charge in [-0.3, -0.25) is 9.97 Å². The van der Waals surface area contributed by atoms with Crippen LogP contribution in [0.1, 0.15) is 33.4 Å². The van der Waals surface area contributed by atoms with Crippen molar-refractivity contribution in [1.29, 1.82) is 10.5 Å². The van der Waals surface area contributed by atoms with E-state index in [9.17, 15) is 10.5 Å². The summed E-state index contributed by atoms with van der Waals surface area (Å²) in [7, 11) is 0. The topological polar surface area (TPSA) is 90.8 Å². The molecule has 1 spiro atoms. The number of nitriles is 2. The first-order chi connectivity index (χ1) is 28.2. The number of pyridine rings is 2. The molecule has 0 bridgehead atoms. The van der Waals surface area contributed by atoms with Crippen molar-refractivity contribution in [2.45, 2.75) is 15.2 Å². The molecule has 9 aromatic rings. The van der Waals surface area contributed by atoms with E-state index in [0.717, 1.165) is 88.0 Å². The fraction of sp³-hybridized carbons (Fsp3) is 0.0204. The van der Waals surface area contributed by atoms with E-state index in [0.29, 0.717) is 22.6 Å². The number of ether oxygens (including phenoxy) is 1. The number of fused-ring (bicyclic) bond motifs is 14. The maximum atomic E-state index is 9.85. The van der Waals surface area contributed by atoms with Crippen LogP contribution in [0.3, 0.4) is 0 Å². The highest BCUT2D eigenvalue weighted by Crippen LogP contribution is 2.65. The minimum Gasteiger partial charge on any atom is -0.453 e. The predicted octanol–water partition coefficient (Wildman–Crippen LogP) is 11.7. The maximum absolute atomic E-state index is 9.85. The average molecular weight is 747 g/mol. The third kappa shape index (κ3) is 4.20. The number of aromatic nitrogens is 3. The molecule has 0 fully saturated rings. The van der Waals surface area contributed by atoms with Crippen LogP contribution in [0.25, 0.3) is 38.9 Å². The van der Waals surface area contributed by atoms with Crippen molar-refractivity contribution in [3.8, 4) is 40.7 Å². The van der Waals surface area contributed by atoms with Gasteiger partial charge in [0.1, 0.15) is 0 Å². The molecule has 0 atom stereocenters. The minimum absolute atomic E-state index is 0.532. The smallest absolute Gasteiger partial charge is 0.152 e. The number of rotatable bonds is 2. The van der Waals surface area contributed by atoms with E-state index in [1.807, 2.05) is 73.1 Å². The lowest BCUT2D eigenvalue weighted by Crippen LogP contribution is -2.34. The zero-order chi connectivity index (χ0) is 37.8. The lowest BCUT2D eigenvalue weighted by molar-refractivity contribution is 0.476.